The standard InChI is InChI=1S/C57H40N4O2/c1-36(38-16-5-3-6-17-38)58-57(40-18-7-4-8-19-40)59-37(2)60-49-26-11-9-22-43(49)48-34-41(31-33-50(48)60)61(51-27-15-25-47-44-23-10-12-28-52(44)63-56(47)51)42-30-32-45-46-24-13-20-39-21-14-29-53(55(39)46)62-54(45)35-42/h3-36H,1-2H3/b58-57-,59-37+. The third-order valence-electron chi connectivity index (χ3n) is 12.4. The molecule has 1 aliphatic rings. The van der Waals surface area contributed by atoms with E-state index in [0.29, 0.717) is 5.84 Å². The predicted octanol–water partition coefficient (Wildman–Crippen LogP) is 15.6. The summed E-state index contributed by atoms with van der Waals surface area (Å²) in [6.45, 7) is 4.20. The molecule has 0 saturated heterocycles. The van der Waals surface area contributed by atoms with Crippen LogP contribution in [0.25, 0.3) is 65.6 Å². The molecule has 0 spiro atoms. The van der Waals surface area contributed by atoms with Crippen molar-refractivity contribution in [1.29, 1.82) is 0 Å². The number of nitrogens with zero attached hydrogens (tertiary/aromatic N) is 4. The minimum absolute atomic E-state index is 0.0849. The molecule has 0 fully saturated rings. The van der Waals surface area contributed by atoms with Crippen LogP contribution in [-0.2, 0) is 0 Å². The van der Waals surface area contributed by atoms with Gasteiger partial charge < -0.3 is 14.1 Å². The maximum Gasteiger partial charge on any atom is 0.159 e. The first-order valence-corrected chi connectivity index (χ1v) is 21.4. The van der Waals surface area contributed by atoms with Crippen LogP contribution in [0.1, 0.15) is 31.0 Å². The van der Waals surface area contributed by atoms with Gasteiger partial charge in [0.15, 0.2) is 11.4 Å². The zero-order valence-corrected chi connectivity index (χ0v) is 34.7. The third kappa shape index (κ3) is 6.10. The molecule has 0 radical (unpaired) electrons. The average molecular weight is 813 g/mol. The van der Waals surface area contributed by atoms with Gasteiger partial charge >= 0.3 is 0 Å². The Morgan fingerprint density at radius 1 is 0.556 bits per heavy atom. The first-order chi connectivity index (χ1) is 31.1. The minimum Gasteiger partial charge on any atom is -0.456 e. The number of hydrogen-bond donors (Lipinski definition) is 0. The van der Waals surface area contributed by atoms with Crippen LogP contribution in [0, 0.1) is 0 Å². The predicted molar refractivity (Wildman–Crippen MR) is 261 cm³/mol. The lowest BCUT2D eigenvalue weighted by Gasteiger charge is -2.28. The van der Waals surface area contributed by atoms with E-state index in [0.717, 1.165) is 106 Å². The van der Waals surface area contributed by atoms with E-state index in [1.165, 1.54) is 5.56 Å². The lowest BCUT2D eigenvalue weighted by atomic mass is 9.94. The molecule has 63 heavy (non-hydrogen) atoms. The van der Waals surface area contributed by atoms with Gasteiger partial charge in [-0.3, -0.25) is 9.56 Å². The second kappa shape index (κ2) is 14.8. The van der Waals surface area contributed by atoms with Crippen molar-refractivity contribution >= 4 is 83.3 Å². The molecule has 3 heterocycles. The maximum absolute atomic E-state index is 6.74. The first-order valence-electron chi connectivity index (χ1n) is 21.4. The van der Waals surface area contributed by atoms with E-state index in [-0.39, 0.29) is 6.04 Å². The zero-order chi connectivity index (χ0) is 42.0. The van der Waals surface area contributed by atoms with Gasteiger partial charge in [0.05, 0.1) is 28.5 Å². The second-order valence-electron chi connectivity index (χ2n) is 16.1. The molecule has 9 aromatic carbocycles. The fraction of sp³-hybridized carbons (Fsp3) is 0.0526. The highest BCUT2D eigenvalue weighted by Gasteiger charge is 2.25. The molecule has 0 saturated carbocycles. The van der Waals surface area contributed by atoms with Crippen molar-refractivity contribution in [2.45, 2.75) is 19.9 Å². The van der Waals surface area contributed by atoms with Crippen LogP contribution in [0.5, 0.6) is 11.5 Å². The summed E-state index contributed by atoms with van der Waals surface area (Å²) in [6.07, 6.45) is 0. The topological polar surface area (TPSA) is 55.3 Å². The van der Waals surface area contributed by atoms with Gasteiger partial charge in [0.1, 0.15) is 22.9 Å². The Morgan fingerprint density at radius 3 is 2.10 bits per heavy atom. The highest BCUT2D eigenvalue weighted by Crippen LogP contribution is 2.50. The van der Waals surface area contributed by atoms with Gasteiger partial charge in [-0.1, -0.05) is 140 Å². The Hall–Kier alpha value is -8.22. The van der Waals surface area contributed by atoms with Crippen LogP contribution in [0.3, 0.4) is 0 Å². The van der Waals surface area contributed by atoms with Crippen LogP contribution < -0.4 is 9.64 Å². The molecule has 0 N–H and O–H groups in total. The largest absolute Gasteiger partial charge is 0.456 e. The quantitative estimate of drug-likeness (QED) is 0.124. The number of rotatable bonds is 6. The monoisotopic (exact) mass is 812 g/mol. The molecule has 300 valence electrons. The van der Waals surface area contributed by atoms with Gasteiger partial charge in [-0.25, -0.2) is 4.99 Å². The molecule has 0 aliphatic carbocycles. The molecular weight excluding hydrogens is 773 g/mol. The summed E-state index contributed by atoms with van der Waals surface area (Å²) in [5.74, 6) is 3.18. The molecular formula is C57H40N4O2. The van der Waals surface area contributed by atoms with Gasteiger partial charge in [0.2, 0.25) is 0 Å². The fourth-order valence-electron chi connectivity index (χ4n) is 9.42. The number of ether oxygens (including phenoxy) is 1. The lowest BCUT2D eigenvalue weighted by Crippen LogP contribution is -2.12. The Morgan fingerprint density at radius 2 is 1.24 bits per heavy atom. The van der Waals surface area contributed by atoms with Crippen molar-refractivity contribution in [3.63, 3.8) is 0 Å². The minimum atomic E-state index is -0.0849. The highest BCUT2D eigenvalue weighted by atomic mass is 16.5. The average Bonchev–Trinajstić information content (AvgIpc) is 3.88. The molecule has 1 atom stereocenters. The Bertz CT molecular complexity index is 3630. The van der Waals surface area contributed by atoms with Crippen LogP contribution in [0.2, 0.25) is 0 Å². The van der Waals surface area contributed by atoms with Crippen molar-refractivity contribution in [1.82, 2.24) is 4.57 Å². The molecule has 11 aromatic rings. The second-order valence-corrected chi connectivity index (χ2v) is 16.1. The first kappa shape index (κ1) is 36.6. The normalized spacial score (nSPS) is 13.2. The molecule has 1 aliphatic heterocycles. The number of aliphatic imine (C=N–C) groups is 2. The van der Waals surface area contributed by atoms with E-state index in [9.17, 15) is 0 Å². The summed E-state index contributed by atoms with van der Waals surface area (Å²) in [5.41, 5.74) is 11.0. The van der Waals surface area contributed by atoms with E-state index >= 15 is 0 Å². The molecule has 6 nitrogen and oxygen atoms in total. The summed E-state index contributed by atoms with van der Waals surface area (Å²) < 4.78 is 15.7. The molecule has 2 aromatic heterocycles. The number of fused-ring (bicyclic) bond motifs is 8. The van der Waals surface area contributed by atoms with Crippen LogP contribution in [0.15, 0.2) is 215 Å². The molecule has 6 heteroatoms. The number of anilines is 3. The van der Waals surface area contributed by atoms with E-state index in [1.54, 1.807) is 0 Å². The number of furan rings is 1. The van der Waals surface area contributed by atoms with Crippen LogP contribution in [-0.4, -0.2) is 16.2 Å². The fourth-order valence-corrected chi connectivity index (χ4v) is 9.42. The van der Waals surface area contributed by atoms with Gasteiger partial charge in [-0.05, 0) is 85.0 Å². The van der Waals surface area contributed by atoms with Gasteiger partial charge in [-0.15, -0.1) is 0 Å². The van der Waals surface area contributed by atoms with Crippen molar-refractivity contribution < 1.29 is 9.15 Å². The maximum atomic E-state index is 6.74. The molecule has 0 amide bonds. The third-order valence-corrected chi connectivity index (χ3v) is 12.4. The van der Waals surface area contributed by atoms with E-state index < -0.39 is 0 Å². The summed E-state index contributed by atoms with van der Waals surface area (Å²) in [4.78, 5) is 12.8. The summed E-state index contributed by atoms with van der Waals surface area (Å²) >= 11 is 0. The van der Waals surface area contributed by atoms with E-state index in [4.69, 9.17) is 19.1 Å². The highest BCUT2D eigenvalue weighted by molar-refractivity contribution is 6.18. The van der Waals surface area contributed by atoms with Gasteiger partial charge in [0, 0.05) is 49.8 Å². The summed E-state index contributed by atoms with van der Waals surface area (Å²) in [5, 5.41) is 6.67. The molecule has 1 unspecified atom stereocenters. The number of amidine groups is 1. The summed E-state index contributed by atoms with van der Waals surface area (Å²) in [6, 6.07) is 69.8. The van der Waals surface area contributed by atoms with Crippen LogP contribution in [0.4, 0.5) is 17.1 Å². The molecule has 0 bridgehead atoms. The molecule has 12 rings (SSSR count). The van der Waals surface area contributed by atoms with E-state index in [1.807, 2.05) is 36.4 Å². The Kier molecular flexibility index (Phi) is 8.57. The van der Waals surface area contributed by atoms with Crippen molar-refractivity contribution in [2.75, 3.05) is 4.90 Å². The van der Waals surface area contributed by atoms with Crippen molar-refractivity contribution in [2.24, 2.45) is 9.98 Å². The van der Waals surface area contributed by atoms with Gasteiger partial charge in [-0.2, -0.15) is 0 Å². The number of aromatic nitrogens is 1. The van der Waals surface area contributed by atoms with Crippen molar-refractivity contribution in [3.8, 4) is 22.6 Å². The summed E-state index contributed by atoms with van der Waals surface area (Å²) in [7, 11) is 0. The van der Waals surface area contributed by atoms with Crippen molar-refractivity contribution in [3.05, 3.63) is 211 Å². The lowest BCUT2D eigenvalue weighted by molar-refractivity contribution is 0.487. The Labute approximate surface area is 364 Å². The number of benzene rings is 9. The van der Waals surface area contributed by atoms with Gasteiger partial charge in [0.25, 0.3) is 0 Å². The van der Waals surface area contributed by atoms with E-state index in [2.05, 4.69) is 187 Å². The van der Waals surface area contributed by atoms with Crippen LogP contribution >= 0.6 is 0 Å². The number of para-hydroxylation sites is 3. The number of hydrogen-bond acceptors (Lipinski definition) is 4. The zero-order valence-electron chi connectivity index (χ0n) is 34.7. The smallest absolute Gasteiger partial charge is 0.159 e. The Balaban J connectivity index is 1.05. The SMILES string of the molecule is C/C(=N\C(=N/C(C)c1ccccc1)c1ccccc1)n1c2ccccc2c2cc(N(c3ccc4c(c3)Oc3cccc5cccc-4c35)c3cccc4c3oc3ccccc34)ccc21.